The van der Waals surface area contributed by atoms with Gasteiger partial charge in [0.05, 0.1) is 4.90 Å². The van der Waals surface area contributed by atoms with Crippen LogP contribution in [0.2, 0.25) is 0 Å². The van der Waals surface area contributed by atoms with Gasteiger partial charge in [0.1, 0.15) is 0 Å². The number of carbonyl (C=O) groups is 1. The average molecular weight is 232 g/mol. The summed E-state index contributed by atoms with van der Waals surface area (Å²) in [5.41, 5.74) is 0.368. The third kappa shape index (κ3) is 2.51. The molecule has 1 amide bonds. The SMILES string of the molecule is NS(=O)(=O)c1ccc(C(=O)NP)cc1. The number of carbonyl (C=O) groups excluding carboxylic acids is 1. The maximum Gasteiger partial charge on any atom is 0.254 e. The number of rotatable bonds is 2. The Kier molecular flexibility index (Phi) is 3.21. The van der Waals surface area contributed by atoms with E-state index in [2.05, 4.69) is 14.5 Å². The smallest absolute Gasteiger partial charge is 0.254 e. The highest BCUT2D eigenvalue weighted by molar-refractivity contribution is 7.89. The molecule has 1 aromatic rings. The minimum Gasteiger partial charge on any atom is -0.337 e. The number of hydrogen-bond acceptors (Lipinski definition) is 3. The Morgan fingerprint density at radius 2 is 1.79 bits per heavy atom. The first kappa shape index (κ1) is 11.1. The van der Waals surface area contributed by atoms with Crippen molar-refractivity contribution in [3.05, 3.63) is 29.8 Å². The lowest BCUT2D eigenvalue weighted by Gasteiger charge is -2.00. The molecule has 0 bridgehead atoms. The number of nitrogens with two attached hydrogens (primary N) is 1. The fourth-order valence-electron chi connectivity index (χ4n) is 0.879. The van der Waals surface area contributed by atoms with E-state index in [1.54, 1.807) is 0 Å². The van der Waals surface area contributed by atoms with E-state index in [1.165, 1.54) is 24.3 Å². The average Bonchev–Trinajstić information content (AvgIpc) is 2.15. The van der Waals surface area contributed by atoms with Gasteiger partial charge in [-0.05, 0) is 33.7 Å². The van der Waals surface area contributed by atoms with E-state index < -0.39 is 10.0 Å². The number of hydrogen-bond donors (Lipinski definition) is 2. The second-order valence-electron chi connectivity index (χ2n) is 2.54. The van der Waals surface area contributed by atoms with E-state index >= 15 is 0 Å². The maximum absolute atomic E-state index is 11.1. The van der Waals surface area contributed by atoms with E-state index in [0.29, 0.717) is 5.56 Å². The normalized spacial score (nSPS) is 11.0. The quantitative estimate of drug-likeness (QED) is 0.695. The van der Waals surface area contributed by atoms with Crippen LogP contribution in [0.25, 0.3) is 0 Å². The van der Waals surface area contributed by atoms with Gasteiger partial charge >= 0.3 is 0 Å². The lowest BCUT2D eigenvalue weighted by Crippen LogP contribution is -2.14. The largest absolute Gasteiger partial charge is 0.337 e. The predicted octanol–water partition coefficient (Wildman–Crippen LogP) is -0.146. The van der Waals surface area contributed by atoms with Crippen molar-refractivity contribution >= 4 is 25.3 Å². The molecule has 0 heterocycles. The van der Waals surface area contributed by atoms with Crippen LogP contribution < -0.4 is 10.2 Å². The zero-order chi connectivity index (χ0) is 10.8. The lowest BCUT2D eigenvalue weighted by atomic mass is 10.2. The Morgan fingerprint density at radius 3 is 2.14 bits per heavy atom. The molecule has 0 fully saturated rings. The van der Waals surface area contributed by atoms with E-state index in [4.69, 9.17) is 5.14 Å². The van der Waals surface area contributed by atoms with Crippen molar-refractivity contribution in [1.29, 1.82) is 0 Å². The Labute approximate surface area is 84.0 Å². The molecule has 1 rings (SSSR count). The topological polar surface area (TPSA) is 89.3 Å². The monoisotopic (exact) mass is 232 g/mol. The molecule has 7 heteroatoms. The molecule has 1 aromatic carbocycles. The van der Waals surface area contributed by atoms with Crippen molar-refractivity contribution in [1.82, 2.24) is 5.09 Å². The molecule has 1 atom stereocenters. The minimum absolute atomic E-state index is 0.0159. The molecule has 1 unspecified atom stereocenters. The van der Waals surface area contributed by atoms with Crippen LogP contribution in [-0.2, 0) is 10.0 Å². The summed E-state index contributed by atoms with van der Waals surface area (Å²) in [5.74, 6) is -0.309. The second-order valence-corrected chi connectivity index (χ2v) is 4.39. The standard InChI is InChI=1S/C7H9N2O3PS/c8-14(11,12)6-3-1-5(2-4-6)7(10)9-13/h1-4H,13H2,(H,9,10)(H2,8,11,12). The van der Waals surface area contributed by atoms with Gasteiger partial charge in [0, 0.05) is 5.56 Å². The first-order valence-corrected chi connectivity index (χ1v) is 5.71. The first-order valence-electron chi connectivity index (χ1n) is 3.59. The Balaban J connectivity index is 3.07. The molecule has 3 N–H and O–H groups in total. The van der Waals surface area contributed by atoms with Crippen molar-refractivity contribution in [2.24, 2.45) is 5.14 Å². The molecular weight excluding hydrogens is 223 g/mol. The first-order chi connectivity index (χ1) is 6.45. The molecule has 0 aliphatic carbocycles. The summed E-state index contributed by atoms with van der Waals surface area (Å²) in [6, 6.07) is 5.34. The van der Waals surface area contributed by atoms with E-state index in [1.807, 2.05) is 0 Å². The molecule has 0 radical (unpaired) electrons. The summed E-state index contributed by atoms with van der Waals surface area (Å²) in [6.07, 6.45) is 0. The van der Waals surface area contributed by atoms with Gasteiger partial charge in [0.25, 0.3) is 5.91 Å². The molecule has 5 nitrogen and oxygen atoms in total. The number of amides is 1. The molecular formula is C7H9N2O3PS. The summed E-state index contributed by atoms with van der Waals surface area (Å²) in [5, 5.41) is 7.22. The highest BCUT2D eigenvalue weighted by Gasteiger charge is 2.08. The highest BCUT2D eigenvalue weighted by Crippen LogP contribution is 2.08. The highest BCUT2D eigenvalue weighted by atomic mass is 32.2. The maximum atomic E-state index is 11.1. The summed E-state index contributed by atoms with van der Waals surface area (Å²) in [7, 11) is -1.63. The molecule has 14 heavy (non-hydrogen) atoms. The van der Waals surface area contributed by atoms with Crippen LogP contribution in [0.1, 0.15) is 10.4 Å². The van der Waals surface area contributed by atoms with Gasteiger partial charge < -0.3 is 5.09 Å². The molecule has 0 saturated heterocycles. The van der Waals surface area contributed by atoms with Crippen LogP contribution in [0.4, 0.5) is 0 Å². The molecule has 76 valence electrons. The Morgan fingerprint density at radius 1 is 1.29 bits per heavy atom. The van der Waals surface area contributed by atoms with E-state index in [9.17, 15) is 13.2 Å². The van der Waals surface area contributed by atoms with Gasteiger partial charge in [-0.1, -0.05) is 0 Å². The summed E-state index contributed by atoms with van der Waals surface area (Å²) in [6.45, 7) is 0. The molecule has 0 aliphatic rings. The van der Waals surface area contributed by atoms with Crippen LogP contribution in [0, 0.1) is 0 Å². The fraction of sp³-hybridized carbons (Fsp3) is 0. The van der Waals surface area contributed by atoms with Crippen LogP contribution >= 0.6 is 9.39 Å². The Hall–Kier alpha value is -0.970. The van der Waals surface area contributed by atoms with Gasteiger partial charge in [0.15, 0.2) is 0 Å². The van der Waals surface area contributed by atoms with E-state index in [-0.39, 0.29) is 10.8 Å². The number of nitrogens with one attached hydrogen (secondary N) is 1. The van der Waals surface area contributed by atoms with Crippen LogP contribution in [0.15, 0.2) is 29.2 Å². The van der Waals surface area contributed by atoms with Gasteiger partial charge in [-0.3, -0.25) is 4.79 Å². The van der Waals surface area contributed by atoms with Crippen LogP contribution in [-0.4, -0.2) is 14.3 Å². The zero-order valence-corrected chi connectivity index (χ0v) is 9.07. The molecule has 0 saturated carbocycles. The third-order valence-electron chi connectivity index (χ3n) is 1.58. The molecule has 0 aliphatic heterocycles. The fourth-order valence-corrected chi connectivity index (χ4v) is 1.56. The second kappa shape index (κ2) is 4.04. The summed E-state index contributed by atoms with van der Waals surface area (Å²) < 4.78 is 21.7. The molecule has 0 spiro atoms. The van der Waals surface area contributed by atoms with Gasteiger partial charge in [0.2, 0.25) is 10.0 Å². The van der Waals surface area contributed by atoms with Crippen molar-refractivity contribution in [3.8, 4) is 0 Å². The Bertz CT molecular complexity index is 441. The number of sulfonamides is 1. The number of benzene rings is 1. The van der Waals surface area contributed by atoms with Gasteiger partial charge in [-0.25, -0.2) is 13.6 Å². The summed E-state index contributed by atoms with van der Waals surface area (Å²) >= 11 is 0. The third-order valence-corrected chi connectivity index (χ3v) is 2.77. The van der Waals surface area contributed by atoms with Gasteiger partial charge in [-0.15, -0.1) is 0 Å². The van der Waals surface area contributed by atoms with Crippen molar-refractivity contribution in [2.75, 3.05) is 0 Å². The van der Waals surface area contributed by atoms with Gasteiger partial charge in [-0.2, -0.15) is 0 Å². The minimum atomic E-state index is -3.69. The van der Waals surface area contributed by atoms with Crippen LogP contribution in [0.5, 0.6) is 0 Å². The summed E-state index contributed by atoms with van der Waals surface area (Å²) in [4.78, 5) is 11.0. The number of primary sulfonamides is 1. The van der Waals surface area contributed by atoms with Crippen molar-refractivity contribution in [3.63, 3.8) is 0 Å². The van der Waals surface area contributed by atoms with Crippen molar-refractivity contribution < 1.29 is 13.2 Å². The van der Waals surface area contributed by atoms with Crippen LogP contribution in [0.3, 0.4) is 0 Å². The lowest BCUT2D eigenvalue weighted by molar-refractivity contribution is 0.0984. The van der Waals surface area contributed by atoms with Crippen molar-refractivity contribution in [2.45, 2.75) is 4.90 Å². The zero-order valence-electron chi connectivity index (χ0n) is 7.10. The molecule has 0 aromatic heterocycles. The predicted molar refractivity (Wildman–Crippen MR) is 55.0 cm³/mol. The van der Waals surface area contributed by atoms with E-state index in [0.717, 1.165) is 0 Å².